The fourth-order valence-electron chi connectivity index (χ4n) is 2.83. The number of fused-ring (bicyclic) bond motifs is 1. The van der Waals surface area contributed by atoms with Gasteiger partial charge in [-0.2, -0.15) is 0 Å². The number of unbranched alkanes of at least 4 members (excludes halogenated alkanes) is 1. The minimum Gasteiger partial charge on any atom is -0.494 e. The molecular weight excluding hydrogens is 384 g/mol. The van der Waals surface area contributed by atoms with Gasteiger partial charge in [-0.05, 0) is 43.7 Å². The van der Waals surface area contributed by atoms with E-state index < -0.39 is 10.8 Å². The Morgan fingerprint density at radius 3 is 2.79 bits per heavy atom. The molecule has 0 fully saturated rings. The Labute approximate surface area is 166 Å². The summed E-state index contributed by atoms with van der Waals surface area (Å²) in [6.07, 6.45) is 1.96. The Kier molecular flexibility index (Phi) is 5.84. The van der Waals surface area contributed by atoms with Crippen molar-refractivity contribution in [1.29, 1.82) is 0 Å². The van der Waals surface area contributed by atoms with Gasteiger partial charge in [0, 0.05) is 17.1 Å². The van der Waals surface area contributed by atoms with Crippen molar-refractivity contribution in [1.82, 2.24) is 0 Å². The third-order valence-corrected chi connectivity index (χ3v) is 4.55. The third-order valence-electron chi connectivity index (χ3n) is 4.23. The Morgan fingerprint density at radius 2 is 2.07 bits per heavy atom. The first kappa shape index (κ1) is 19.7. The summed E-state index contributed by atoms with van der Waals surface area (Å²) in [6.45, 7) is 4.36. The highest BCUT2D eigenvalue weighted by Crippen LogP contribution is 2.31. The fourth-order valence-corrected chi connectivity index (χ4v) is 3.02. The first-order valence-corrected chi connectivity index (χ1v) is 9.19. The van der Waals surface area contributed by atoms with E-state index in [-0.39, 0.29) is 16.4 Å². The SMILES string of the molecule is CCCCOc1ccc2oc(C)c(C(=O)Nc3ccc(Cl)c([N+](=O)[O-])c3)c2c1. The van der Waals surface area contributed by atoms with Crippen molar-refractivity contribution in [3.05, 3.63) is 62.9 Å². The van der Waals surface area contributed by atoms with Crippen molar-refractivity contribution in [3.8, 4) is 5.75 Å². The zero-order valence-corrected chi connectivity index (χ0v) is 16.2. The van der Waals surface area contributed by atoms with E-state index in [0.29, 0.717) is 34.6 Å². The number of nitrogens with one attached hydrogen (secondary N) is 1. The largest absolute Gasteiger partial charge is 0.494 e. The van der Waals surface area contributed by atoms with Crippen LogP contribution in [0.2, 0.25) is 5.02 Å². The number of halogens is 1. The van der Waals surface area contributed by atoms with Crippen molar-refractivity contribution in [2.24, 2.45) is 0 Å². The molecule has 0 aliphatic heterocycles. The van der Waals surface area contributed by atoms with Crippen LogP contribution in [0, 0.1) is 17.0 Å². The number of anilines is 1. The second-order valence-electron chi connectivity index (χ2n) is 6.27. The number of rotatable bonds is 7. The van der Waals surface area contributed by atoms with E-state index in [0.717, 1.165) is 12.8 Å². The van der Waals surface area contributed by atoms with E-state index >= 15 is 0 Å². The van der Waals surface area contributed by atoms with Crippen LogP contribution < -0.4 is 10.1 Å². The van der Waals surface area contributed by atoms with Gasteiger partial charge in [-0.25, -0.2) is 0 Å². The van der Waals surface area contributed by atoms with Gasteiger partial charge in [0.05, 0.1) is 17.1 Å². The topological polar surface area (TPSA) is 94.6 Å². The van der Waals surface area contributed by atoms with Crippen LogP contribution in [-0.2, 0) is 0 Å². The predicted molar refractivity (Wildman–Crippen MR) is 107 cm³/mol. The van der Waals surface area contributed by atoms with Crippen molar-refractivity contribution in [2.45, 2.75) is 26.7 Å². The molecule has 0 aliphatic rings. The molecule has 0 spiro atoms. The number of nitro groups is 1. The number of furan rings is 1. The summed E-state index contributed by atoms with van der Waals surface area (Å²) < 4.78 is 11.4. The summed E-state index contributed by atoms with van der Waals surface area (Å²) in [4.78, 5) is 23.3. The summed E-state index contributed by atoms with van der Waals surface area (Å²) in [6, 6.07) is 9.41. The van der Waals surface area contributed by atoms with Crippen LogP contribution in [-0.4, -0.2) is 17.4 Å². The maximum absolute atomic E-state index is 12.8. The average molecular weight is 403 g/mol. The molecule has 2 aromatic carbocycles. The van der Waals surface area contributed by atoms with Gasteiger partial charge in [-0.3, -0.25) is 14.9 Å². The Morgan fingerprint density at radius 1 is 1.29 bits per heavy atom. The quantitative estimate of drug-likeness (QED) is 0.309. The van der Waals surface area contributed by atoms with Crippen LogP contribution in [0.15, 0.2) is 40.8 Å². The minimum atomic E-state index is -0.601. The van der Waals surface area contributed by atoms with Crippen molar-refractivity contribution < 1.29 is 18.9 Å². The van der Waals surface area contributed by atoms with Gasteiger partial charge in [0.2, 0.25) is 0 Å². The number of carbonyl (C=O) groups excluding carboxylic acids is 1. The smallest absolute Gasteiger partial charge is 0.289 e. The molecule has 3 aromatic rings. The molecule has 8 heteroatoms. The van der Waals surface area contributed by atoms with Gasteiger partial charge < -0.3 is 14.5 Å². The molecule has 0 bridgehead atoms. The second kappa shape index (κ2) is 8.31. The minimum absolute atomic E-state index is 0.00168. The van der Waals surface area contributed by atoms with Crippen molar-refractivity contribution >= 4 is 39.9 Å². The van der Waals surface area contributed by atoms with Gasteiger partial charge >= 0.3 is 0 Å². The standard InChI is InChI=1S/C20H19ClN2O5/c1-3-4-9-27-14-6-8-18-15(11-14)19(12(2)28-18)20(24)22-13-5-7-16(21)17(10-13)23(25)26/h5-8,10-11H,3-4,9H2,1-2H3,(H,22,24). The van der Waals surface area contributed by atoms with Crippen LogP contribution in [0.4, 0.5) is 11.4 Å². The molecule has 0 saturated heterocycles. The zero-order valence-electron chi connectivity index (χ0n) is 15.5. The van der Waals surface area contributed by atoms with E-state index in [9.17, 15) is 14.9 Å². The molecule has 0 atom stereocenters. The van der Waals surface area contributed by atoms with Gasteiger partial charge in [-0.15, -0.1) is 0 Å². The molecule has 1 N–H and O–H groups in total. The number of hydrogen-bond donors (Lipinski definition) is 1. The molecule has 7 nitrogen and oxygen atoms in total. The van der Waals surface area contributed by atoms with E-state index in [2.05, 4.69) is 12.2 Å². The molecule has 28 heavy (non-hydrogen) atoms. The zero-order chi connectivity index (χ0) is 20.3. The summed E-state index contributed by atoms with van der Waals surface area (Å²) in [5.41, 5.74) is 0.908. The number of ether oxygens (including phenoxy) is 1. The van der Waals surface area contributed by atoms with Gasteiger partial charge in [0.15, 0.2) is 0 Å². The maximum atomic E-state index is 12.8. The number of benzene rings is 2. The van der Waals surface area contributed by atoms with Crippen molar-refractivity contribution in [2.75, 3.05) is 11.9 Å². The first-order valence-electron chi connectivity index (χ1n) is 8.82. The maximum Gasteiger partial charge on any atom is 0.289 e. The molecule has 0 aliphatic carbocycles. The van der Waals surface area contributed by atoms with Crippen molar-refractivity contribution in [3.63, 3.8) is 0 Å². The van der Waals surface area contributed by atoms with Crippen LogP contribution in [0.1, 0.15) is 35.9 Å². The number of amides is 1. The van der Waals surface area contributed by atoms with E-state index in [1.54, 1.807) is 25.1 Å². The highest BCUT2D eigenvalue weighted by atomic mass is 35.5. The molecule has 0 unspecified atom stereocenters. The lowest BCUT2D eigenvalue weighted by molar-refractivity contribution is -0.384. The van der Waals surface area contributed by atoms with Gasteiger partial charge in [-0.1, -0.05) is 24.9 Å². The average Bonchev–Trinajstić information content (AvgIpc) is 2.98. The van der Waals surface area contributed by atoms with E-state index in [4.69, 9.17) is 20.8 Å². The van der Waals surface area contributed by atoms with Crippen LogP contribution in [0.3, 0.4) is 0 Å². The normalized spacial score (nSPS) is 10.8. The van der Waals surface area contributed by atoms with E-state index in [1.807, 2.05) is 0 Å². The molecule has 1 amide bonds. The Hall–Kier alpha value is -3.06. The summed E-state index contributed by atoms with van der Waals surface area (Å²) >= 11 is 5.82. The second-order valence-corrected chi connectivity index (χ2v) is 6.68. The molecule has 0 saturated carbocycles. The highest BCUT2D eigenvalue weighted by molar-refractivity contribution is 6.32. The lowest BCUT2D eigenvalue weighted by Crippen LogP contribution is -2.12. The Balaban J connectivity index is 1.90. The number of aryl methyl sites for hydroxylation is 1. The molecule has 146 valence electrons. The predicted octanol–water partition coefficient (Wildman–Crippen LogP) is 5.73. The lowest BCUT2D eigenvalue weighted by Gasteiger charge is -2.07. The summed E-state index contributed by atoms with van der Waals surface area (Å²) in [5, 5.41) is 14.3. The monoisotopic (exact) mass is 402 g/mol. The third kappa shape index (κ3) is 4.09. The van der Waals surface area contributed by atoms with Crippen LogP contribution in [0.5, 0.6) is 5.75 Å². The molecular formula is C20H19ClN2O5. The fraction of sp³-hybridized carbons (Fsp3) is 0.250. The number of nitrogens with zero attached hydrogens (tertiary/aromatic N) is 1. The molecule has 1 heterocycles. The van der Waals surface area contributed by atoms with Gasteiger partial charge in [0.1, 0.15) is 22.1 Å². The highest BCUT2D eigenvalue weighted by Gasteiger charge is 2.20. The molecule has 3 rings (SSSR count). The molecule has 0 radical (unpaired) electrons. The number of carbonyl (C=O) groups is 1. The lowest BCUT2D eigenvalue weighted by atomic mass is 10.1. The van der Waals surface area contributed by atoms with E-state index in [1.165, 1.54) is 18.2 Å². The summed E-state index contributed by atoms with van der Waals surface area (Å²) in [7, 11) is 0. The van der Waals surface area contributed by atoms with Crippen LogP contribution >= 0.6 is 11.6 Å². The number of hydrogen-bond acceptors (Lipinski definition) is 5. The number of nitro benzene ring substituents is 1. The summed E-state index contributed by atoms with van der Waals surface area (Å²) in [5.74, 6) is 0.665. The van der Waals surface area contributed by atoms with Crippen LogP contribution in [0.25, 0.3) is 11.0 Å². The Bertz CT molecular complexity index is 1040. The molecule has 1 aromatic heterocycles. The van der Waals surface area contributed by atoms with Gasteiger partial charge in [0.25, 0.3) is 11.6 Å². The first-order chi connectivity index (χ1) is 13.4.